The summed E-state index contributed by atoms with van der Waals surface area (Å²) in [5.74, 6) is -0.103. The second-order valence-electron chi connectivity index (χ2n) is 4.57. The summed E-state index contributed by atoms with van der Waals surface area (Å²) >= 11 is 0. The number of piperidine rings is 1. The quantitative estimate of drug-likeness (QED) is 0.745. The number of likely N-dealkylation sites (tertiary alicyclic amines) is 1. The van der Waals surface area contributed by atoms with Gasteiger partial charge in [0, 0.05) is 12.7 Å². The van der Waals surface area contributed by atoms with Gasteiger partial charge >= 0.3 is 0 Å². The molecule has 1 aliphatic heterocycles. The van der Waals surface area contributed by atoms with E-state index in [0.717, 1.165) is 17.7 Å². The molecule has 0 aromatic carbocycles. The van der Waals surface area contributed by atoms with Crippen molar-refractivity contribution in [1.29, 1.82) is 0 Å². The molecule has 2 fully saturated rings. The monoisotopic (exact) mass is 231 g/mol. The molecular formula is C12H13N3O2. The van der Waals surface area contributed by atoms with E-state index in [1.165, 1.54) is 4.90 Å². The normalized spacial score (nSPS) is 26.3. The molecule has 2 unspecified atom stereocenters. The summed E-state index contributed by atoms with van der Waals surface area (Å²) in [5.41, 5.74) is 7.18. The summed E-state index contributed by atoms with van der Waals surface area (Å²) in [6.45, 7) is 0.709. The summed E-state index contributed by atoms with van der Waals surface area (Å²) in [6, 6.07) is 3.65. The molecule has 17 heavy (non-hydrogen) atoms. The Balaban J connectivity index is 1.78. The van der Waals surface area contributed by atoms with E-state index in [4.69, 9.17) is 5.73 Å². The highest BCUT2D eigenvalue weighted by molar-refractivity contribution is 6.08. The molecule has 2 heterocycles. The van der Waals surface area contributed by atoms with Crippen LogP contribution in [-0.2, 0) is 22.7 Å². The maximum atomic E-state index is 11.8. The van der Waals surface area contributed by atoms with Crippen LogP contribution in [0.1, 0.15) is 17.7 Å². The molecule has 3 rings (SSSR count). The minimum atomic E-state index is -0.0293. The lowest BCUT2D eigenvalue weighted by Crippen LogP contribution is -2.32. The topological polar surface area (TPSA) is 76.3 Å². The summed E-state index contributed by atoms with van der Waals surface area (Å²) in [5, 5.41) is 0. The summed E-state index contributed by atoms with van der Waals surface area (Å²) < 4.78 is 0. The van der Waals surface area contributed by atoms with Crippen molar-refractivity contribution >= 4 is 11.8 Å². The van der Waals surface area contributed by atoms with Crippen molar-refractivity contribution in [3.05, 3.63) is 29.6 Å². The standard InChI is InChI=1S/C12H13N3O2/c13-5-8-3-7(1-2-14-8)6-15-11(16)9-4-10(9)12(15)17/h1-3,9-10H,4-6,13H2. The highest BCUT2D eigenvalue weighted by Crippen LogP contribution is 2.47. The van der Waals surface area contributed by atoms with Crippen LogP contribution in [0.5, 0.6) is 0 Å². The van der Waals surface area contributed by atoms with Crippen LogP contribution in [-0.4, -0.2) is 21.7 Å². The van der Waals surface area contributed by atoms with Gasteiger partial charge < -0.3 is 5.73 Å². The van der Waals surface area contributed by atoms with Crippen molar-refractivity contribution in [3.63, 3.8) is 0 Å². The highest BCUT2D eigenvalue weighted by Gasteiger charge is 2.58. The number of carbonyl (C=O) groups excluding carboxylic acids is 2. The molecule has 88 valence electrons. The van der Waals surface area contributed by atoms with Crippen LogP contribution in [0.25, 0.3) is 0 Å². The fourth-order valence-electron chi connectivity index (χ4n) is 2.33. The summed E-state index contributed by atoms with van der Waals surface area (Å²) in [7, 11) is 0. The van der Waals surface area contributed by atoms with E-state index >= 15 is 0 Å². The number of fused-ring (bicyclic) bond motifs is 1. The average molecular weight is 231 g/mol. The fraction of sp³-hybridized carbons (Fsp3) is 0.417. The van der Waals surface area contributed by atoms with Gasteiger partial charge in [-0.15, -0.1) is 0 Å². The molecule has 5 nitrogen and oxygen atoms in total. The Morgan fingerprint density at radius 3 is 2.71 bits per heavy atom. The van der Waals surface area contributed by atoms with Gasteiger partial charge in [-0.1, -0.05) is 0 Å². The van der Waals surface area contributed by atoms with Crippen molar-refractivity contribution in [1.82, 2.24) is 9.88 Å². The van der Waals surface area contributed by atoms with E-state index in [1.807, 2.05) is 12.1 Å². The Kier molecular flexibility index (Phi) is 2.22. The third-order valence-electron chi connectivity index (χ3n) is 3.39. The number of hydrogen-bond donors (Lipinski definition) is 1. The second-order valence-corrected chi connectivity index (χ2v) is 4.57. The minimum Gasteiger partial charge on any atom is -0.325 e. The van der Waals surface area contributed by atoms with Gasteiger partial charge in [-0.05, 0) is 24.1 Å². The number of nitrogens with two attached hydrogens (primary N) is 1. The number of hydrogen-bond acceptors (Lipinski definition) is 4. The Morgan fingerprint density at radius 1 is 1.35 bits per heavy atom. The zero-order chi connectivity index (χ0) is 12.0. The van der Waals surface area contributed by atoms with Gasteiger partial charge in [-0.3, -0.25) is 19.5 Å². The van der Waals surface area contributed by atoms with E-state index in [-0.39, 0.29) is 23.7 Å². The molecule has 5 heteroatoms. The first kappa shape index (κ1) is 10.4. The van der Waals surface area contributed by atoms with Crippen LogP contribution in [0.4, 0.5) is 0 Å². The van der Waals surface area contributed by atoms with E-state index in [0.29, 0.717) is 13.1 Å². The first-order valence-electron chi connectivity index (χ1n) is 5.70. The lowest BCUT2D eigenvalue weighted by atomic mass is 10.2. The number of imide groups is 1. The highest BCUT2D eigenvalue weighted by atomic mass is 16.2. The zero-order valence-corrected chi connectivity index (χ0v) is 9.30. The zero-order valence-electron chi connectivity index (χ0n) is 9.30. The first-order chi connectivity index (χ1) is 8.20. The van der Waals surface area contributed by atoms with E-state index < -0.39 is 0 Å². The van der Waals surface area contributed by atoms with Gasteiger partial charge in [0.1, 0.15) is 0 Å². The van der Waals surface area contributed by atoms with Crippen LogP contribution >= 0.6 is 0 Å². The third-order valence-corrected chi connectivity index (χ3v) is 3.39. The van der Waals surface area contributed by atoms with Gasteiger partial charge in [-0.25, -0.2) is 0 Å². The van der Waals surface area contributed by atoms with Crippen molar-refractivity contribution < 1.29 is 9.59 Å². The summed E-state index contributed by atoms with van der Waals surface area (Å²) in [6.07, 6.45) is 2.40. The van der Waals surface area contributed by atoms with E-state index in [1.54, 1.807) is 6.20 Å². The van der Waals surface area contributed by atoms with E-state index in [9.17, 15) is 9.59 Å². The fourth-order valence-corrected chi connectivity index (χ4v) is 2.33. The maximum absolute atomic E-state index is 11.8. The SMILES string of the molecule is NCc1cc(CN2C(=O)C3CC3C2=O)ccn1. The average Bonchev–Trinajstić information content (AvgIpc) is 3.10. The molecule has 2 aliphatic rings. The van der Waals surface area contributed by atoms with Crippen LogP contribution in [0, 0.1) is 11.8 Å². The number of rotatable bonds is 3. The van der Waals surface area contributed by atoms with Gasteiger partial charge in [0.15, 0.2) is 0 Å². The van der Waals surface area contributed by atoms with Gasteiger partial charge in [0.05, 0.1) is 24.1 Å². The molecule has 1 aliphatic carbocycles. The molecule has 0 spiro atoms. The van der Waals surface area contributed by atoms with Gasteiger partial charge in [0.2, 0.25) is 11.8 Å². The Hall–Kier alpha value is -1.75. The van der Waals surface area contributed by atoms with Gasteiger partial charge in [-0.2, -0.15) is 0 Å². The molecule has 2 amide bonds. The molecular weight excluding hydrogens is 218 g/mol. The number of nitrogens with zero attached hydrogens (tertiary/aromatic N) is 2. The molecule has 1 saturated carbocycles. The lowest BCUT2D eigenvalue weighted by molar-refractivity contribution is -0.142. The maximum Gasteiger partial charge on any atom is 0.233 e. The molecule has 2 N–H and O–H groups in total. The number of amides is 2. The summed E-state index contributed by atoms with van der Waals surface area (Å²) in [4.78, 5) is 29.0. The largest absolute Gasteiger partial charge is 0.325 e. The minimum absolute atomic E-state index is 0.0221. The Bertz CT molecular complexity index is 480. The van der Waals surface area contributed by atoms with Crippen molar-refractivity contribution in [2.45, 2.75) is 19.5 Å². The van der Waals surface area contributed by atoms with E-state index in [2.05, 4.69) is 4.98 Å². The van der Waals surface area contributed by atoms with Crippen LogP contribution in [0.2, 0.25) is 0 Å². The van der Waals surface area contributed by atoms with Crippen LogP contribution in [0.3, 0.4) is 0 Å². The van der Waals surface area contributed by atoms with Crippen molar-refractivity contribution in [2.75, 3.05) is 0 Å². The Labute approximate surface area is 98.6 Å². The molecule has 2 atom stereocenters. The molecule has 1 aromatic heterocycles. The van der Waals surface area contributed by atoms with Crippen LogP contribution in [0.15, 0.2) is 18.3 Å². The predicted molar refractivity (Wildman–Crippen MR) is 59.3 cm³/mol. The molecule has 1 saturated heterocycles. The van der Waals surface area contributed by atoms with Crippen molar-refractivity contribution in [2.24, 2.45) is 17.6 Å². The smallest absolute Gasteiger partial charge is 0.233 e. The van der Waals surface area contributed by atoms with Crippen molar-refractivity contribution in [3.8, 4) is 0 Å². The number of aromatic nitrogens is 1. The lowest BCUT2D eigenvalue weighted by Gasteiger charge is -2.16. The molecule has 0 bridgehead atoms. The second kappa shape index (κ2) is 3.63. The predicted octanol–water partition coefficient (Wildman–Crippen LogP) is 0.0452. The molecule has 0 radical (unpaired) electrons. The third kappa shape index (κ3) is 1.63. The van der Waals surface area contributed by atoms with Crippen LogP contribution < -0.4 is 5.73 Å². The van der Waals surface area contributed by atoms with Gasteiger partial charge in [0.25, 0.3) is 0 Å². The Morgan fingerprint density at radius 2 is 2.06 bits per heavy atom. The molecule has 1 aromatic rings. The number of carbonyl (C=O) groups is 2. The first-order valence-corrected chi connectivity index (χ1v) is 5.70. The number of pyridine rings is 1.